The number of methoxy groups -OCH3 is 1. The van der Waals surface area contributed by atoms with Crippen molar-refractivity contribution in [1.29, 1.82) is 0 Å². The minimum absolute atomic E-state index is 0. The van der Waals surface area contributed by atoms with E-state index in [-0.39, 0.29) is 24.9 Å². The Kier molecular flexibility index (Phi) is 9.00. The second kappa shape index (κ2) is 11.0. The van der Waals surface area contributed by atoms with E-state index in [4.69, 9.17) is 32.7 Å². The highest BCUT2D eigenvalue weighted by Crippen LogP contribution is 2.32. The number of rotatable bonds is 8. The fourth-order valence-electron chi connectivity index (χ4n) is 2.57. The van der Waals surface area contributed by atoms with E-state index in [1.807, 2.05) is 37.2 Å². The van der Waals surface area contributed by atoms with Crippen LogP contribution in [0, 0.1) is 0 Å². The van der Waals surface area contributed by atoms with Gasteiger partial charge in [0.25, 0.3) is 5.91 Å². The van der Waals surface area contributed by atoms with E-state index in [0.717, 1.165) is 16.0 Å². The number of carbonyl (C=O) groups excluding carboxylic acids is 1. The van der Waals surface area contributed by atoms with Crippen LogP contribution in [0.2, 0.25) is 10.0 Å². The van der Waals surface area contributed by atoms with Crippen molar-refractivity contribution in [3.05, 3.63) is 46.4 Å². The number of nitrogens with zero attached hydrogens (tertiary/aromatic N) is 3. The molecule has 30 heavy (non-hydrogen) atoms. The highest BCUT2D eigenvalue weighted by Gasteiger charge is 2.21. The van der Waals surface area contributed by atoms with Crippen molar-refractivity contribution in [2.75, 3.05) is 45.8 Å². The Balaban J connectivity index is 0.00000320. The average Bonchev–Trinajstić information content (AvgIpc) is 3.09. The quantitative estimate of drug-likeness (QED) is 0.444. The summed E-state index contributed by atoms with van der Waals surface area (Å²) in [7, 11) is 5.53. The van der Waals surface area contributed by atoms with Crippen LogP contribution in [0.25, 0.3) is 10.2 Å². The molecule has 0 aliphatic carbocycles. The first kappa shape index (κ1) is 24.5. The minimum atomic E-state index is -0.205. The molecular formula is C20H22Cl3N3O3S. The molecule has 1 aromatic heterocycles. The van der Waals surface area contributed by atoms with Gasteiger partial charge in [-0.2, -0.15) is 0 Å². The maximum Gasteiger partial charge on any atom is 0.266 e. The van der Waals surface area contributed by atoms with Crippen molar-refractivity contribution in [3.8, 4) is 11.5 Å². The van der Waals surface area contributed by atoms with Gasteiger partial charge >= 0.3 is 0 Å². The largest absolute Gasteiger partial charge is 0.497 e. The topological polar surface area (TPSA) is 54.9 Å². The molecule has 1 amide bonds. The number of amides is 1. The molecule has 0 fully saturated rings. The highest BCUT2D eigenvalue weighted by atomic mass is 35.5. The van der Waals surface area contributed by atoms with Crippen molar-refractivity contribution in [2.45, 2.75) is 0 Å². The van der Waals surface area contributed by atoms with E-state index >= 15 is 0 Å². The van der Waals surface area contributed by atoms with Gasteiger partial charge in [-0.3, -0.25) is 9.69 Å². The fourth-order valence-corrected chi connectivity index (χ4v) is 4.07. The van der Waals surface area contributed by atoms with Crippen LogP contribution in [-0.4, -0.2) is 56.7 Å². The molecule has 0 spiro atoms. The van der Waals surface area contributed by atoms with E-state index in [1.165, 1.54) is 11.3 Å². The van der Waals surface area contributed by atoms with Crippen molar-refractivity contribution >= 4 is 68.2 Å². The molecule has 0 aliphatic heterocycles. The first-order valence-electron chi connectivity index (χ1n) is 8.85. The summed E-state index contributed by atoms with van der Waals surface area (Å²) < 4.78 is 11.9. The molecule has 3 aromatic rings. The van der Waals surface area contributed by atoms with Crippen LogP contribution in [0.5, 0.6) is 11.5 Å². The third-order valence-corrected chi connectivity index (χ3v) is 5.70. The number of anilines is 1. The number of benzene rings is 2. The number of thiazole rings is 1. The number of hydrogen-bond acceptors (Lipinski definition) is 6. The number of ether oxygens (including phenoxy) is 2. The summed E-state index contributed by atoms with van der Waals surface area (Å²) in [4.78, 5) is 21.2. The lowest BCUT2D eigenvalue weighted by Crippen LogP contribution is -2.39. The molecule has 0 saturated heterocycles. The molecule has 1 heterocycles. The fraction of sp³-hybridized carbons (Fsp3) is 0.300. The van der Waals surface area contributed by atoms with Gasteiger partial charge < -0.3 is 14.4 Å². The Hall–Kier alpha value is -1.77. The smallest absolute Gasteiger partial charge is 0.266 e. The number of hydrogen-bond donors (Lipinski definition) is 0. The number of carbonyl (C=O) groups is 1. The van der Waals surface area contributed by atoms with Crippen LogP contribution >= 0.6 is 46.9 Å². The predicted octanol–water partition coefficient (Wildman–Crippen LogP) is 5.01. The normalized spacial score (nSPS) is 10.7. The molecule has 0 saturated carbocycles. The van der Waals surface area contributed by atoms with Crippen molar-refractivity contribution in [3.63, 3.8) is 0 Å². The standard InChI is InChI=1S/C20H21Cl2N3O3S.ClH/c1-24(2)8-9-25(19(26)12-28-17-7-4-13(21)10-15(17)22)20-23-16-6-5-14(27-3)11-18(16)29-20;/h4-7,10-11H,8-9,12H2,1-3H3;1H. The maximum absolute atomic E-state index is 13.0. The Labute approximate surface area is 195 Å². The molecular weight excluding hydrogens is 469 g/mol. The summed E-state index contributed by atoms with van der Waals surface area (Å²) in [5, 5.41) is 1.48. The number of halogens is 3. The van der Waals surface area contributed by atoms with Gasteiger partial charge in [-0.15, -0.1) is 12.4 Å². The monoisotopic (exact) mass is 489 g/mol. The van der Waals surface area contributed by atoms with Crippen molar-refractivity contribution in [2.24, 2.45) is 0 Å². The Morgan fingerprint density at radius 1 is 1.13 bits per heavy atom. The van der Waals surface area contributed by atoms with Gasteiger partial charge in [-0.05, 0) is 50.5 Å². The van der Waals surface area contributed by atoms with E-state index in [0.29, 0.717) is 34.0 Å². The van der Waals surface area contributed by atoms with Crippen molar-refractivity contribution in [1.82, 2.24) is 9.88 Å². The molecule has 0 unspecified atom stereocenters. The molecule has 0 N–H and O–H groups in total. The van der Waals surface area contributed by atoms with Crippen LogP contribution in [0.15, 0.2) is 36.4 Å². The molecule has 0 radical (unpaired) electrons. The summed E-state index contributed by atoms with van der Waals surface area (Å²) in [5.41, 5.74) is 0.815. The van der Waals surface area contributed by atoms with Gasteiger partial charge in [-0.25, -0.2) is 4.98 Å². The second-order valence-electron chi connectivity index (χ2n) is 6.54. The van der Waals surface area contributed by atoms with E-state index in [2.05, 4.69) is 4.98 Å². The Morgan fingerprint density at radius 2 is 1.90 bits per heavy atom. The second-order valence-corrected chi connectivity index (χ2v) is 8.39. The van der Waals surface area contributed by atoms with Crippen LogP contribution in [0.3, 0.4) is 0 Å². The van der Waals surface area contributed by atoms with Crippen LogP contribution in [-0.2, 0) is 4.79 Å². The van der Waals surface area contributed by atoms with E-state index < -0.39 is 0 Å². The van der Waals surface area contributed by atoms with Crippen LogP contribution < -0.4 is 14.4 Å². The lowest BCUT2D eigenvalue weighted by atomic mass is 10.3. The summed E-state index contributed by atoms with van der Waals surface area (Å²) in [6, 6.07) is 10.5. The SMILES string of the molecule is COc1ccc2nc(N(CCN(C)C)C(=O)COc3ccc(Cl)cc3Cl)sc2c1.Cl. The zero-order chi connectivity index (χ0) is 21.0. The summed E-state index contributed by atoms with van der Waals surface area (Å²) in [6.45, 7) is 1.02. The molecule has 162 valence electrons. The number of aromatic nitrogens is 1. The van der Waals surface area contributed by atoms with Gasteiger partial charge in [0.1, 0.15) is 11.5 Å². The van der Waals surface area contributed by atoms with E-state index in [9.17, 15) is 4.79 Å². The number of fused-ring (bicyclic) bond motifs is 1. The van der Waals surface area contributed by atoms with E-state index in [1.54, 1.807) is 30.2 Å². The molecule has 10 heteroatoms. The maximum atomic E-state index is 13.0. The molecule has 2 aromatic carbocycles. The Bertz CT molecular complexity index is 1010. The zero-order valence-corrected chi connectivity index (χ0v) is 19.9. The van der Waals surface area contributed by atoms with Crippen LogP contribution in [0.4, 0.5) is 5.13 Å². The lowest BCUT2D eigenvalue weighted by Gasteiger charge is -2.22. The van der Waals surface area contributed by atoms with Crippen molar-refractivity contribution < 1.29 is 14.3 Å². The zero-order valence-electron chi connectivity index (χ0n) is 16.7. The molecule has 6 nitrogen and oxygen atoms in total. The number of likely N-dealkylation sites (N-methyl/N-ethyl adjacent to an activating group) is 1. The minimum Gasteiger partial charge on any atom is -0.497 e. The first-order chi connectivity index (χ1) is 13.9. The van der Waals surface area contributed by atoms with Gasteiger partial charge in [0.05, 0.1) is 22.3 Å². The first-order valence-corrected chi connectivity index (χ1v) is 10.4. The van der Waals surface area contributed by atoms with Gasteiger partial charge in [0.15, 0.2) is 11.7 Å². The predicted molar refractivity (Wildman–Crippen MR) is 126 cm³/mol. The third kappa shape index (κ3) is 6.12. The molecule has 0 atom stereocenters. The highest BCUT2D eigenvalue weighted by molar-refractivity contribution is 7.22. The van der Waals surface area contributed by atoms with Gasteiger partial charge in [0, 0.05) is 18.1 Å². The third-order valence-electron chi connectivity index (χ3n) is 4.13. The Morgan fingerprint density at radius 3 is 2.57 bits per heavy atom. The summed E-state index contributed by atoms with van der Waals surface area (Å²) >= 11 is 13.5. The molecule has 3 rings (SSSR count). The average molecular weight is 491 g/mol. The van der Waals surface area contributed by atoms with Crippen LogP contribution in [0.1, 0.15) is 0 Å². The molecule has 0 aliphatic rings. The van der Waals surface area contributed by atoms with Gasteiger partial charge in [0.2, 0.25) is 0 Å². The molecule has 0 bridgehead atoms. The van der Waals surface area contributed by atoms with Gasteiger partial charge in [-0.1, -0.05) is 34.5 Å². The summed E-state index contributed by atoms with van der Waals surface area (Å²) in [6.07, 6.45) is 0. The summed E-state index contributed by atoms with van der Waals surface area (Å²) in [5.74, 6) is 0.953. The lowest BCUT2D eigenvalue weighted by molar-refractivity contribution is -0.120.